The molecule has 5 heterocycles. The predicted octanol–water partition coefficient (Wildman–Crippen LogP) is 10.1. The number of hydrogen-bond donors (Lipinski definition) is 0. The molecule has 274 valence electrons. The summed E-state index contributed by atoms with van der Waals surface area (Å²) in [5.41, 5.74) is 10.3. The number of nitrogens with zero attached hydrogens (tertiary/aromatic N) is 5. The van der Waals surface area contributed by atoms with E-state index in [9.17, 15) is 0 Å². The third-order valence-electron chi connectivity index (χ3n) is 11.9. The molecule has 8 heteroatoms. The van der Waals surface area contributed by atoms with Gasteiger partial charge in [0.2, 0.25) is 5.95 Å². The molecule has 8 aromatic carbocycles. The summed E-state index contributed by atoms with van der Waals surface area (Å²) in [6.45, 7) is 0.0122. The third kappa shape index (κ3) is 4.74. The minimum Gasteiger partial charge on any atom is -0.458 e. The van der Waals surface area contributed by atoms with Crippen LogP contribution in [0.4, 0.5) is 0 Å². The SMILES string of the molecule is c1ccc(-c2nc(-c3ccc4c(c3)c3ccccc3n4-c3cc4c5c(c3)Oc3ccccc3B5c3ccccc3O4)nc(-n3c4ccccc4c4ccccc43)n2)cc1. The Kier molecular flexibility index (Phi) is 6.69. The monoisotopic (exact) mass is 755 g/mol. The highest BCUT2D eigenvalue weighted by Gasteiger charge is 2.40. The summed E-state index contributed by atoms with van der Waals surface area (Å²) in [7, 11) is 0. The van der Waals surface area contributed by atoms with E-state index in [2.05, 4.69) is 149 Å². The molecule has 7 nitrogen and oxygen atoms in total. The van der Waals surface area contributed by atoms with E-state index in [1.165, 1.54) is 0 Å². The molecule has 0 aliphatic carbocycles. The molecule has 3 aromatic heterocycles. The van der Waals surface area contributed by atoms with E-state index in [-0.39, 0.29) is 6.71 Å². The van der Waals surface area contributed by atoms with Crippen molar-refractivity contribution < 1.29 is 9.47 Å². The highest BCUT2D eigenvalue weighted by Crippen LogP contribution is 2.40. The largest absolute Gasteiger partial charge is 0.458 e. The van der Waals surface area contributed by atoms with Crippen molar-refractivity contribution in [3.63, 3.8) is 0 Å². The van der Waals surface area contributed by atoms with E-state index in [1.54, 1.807) is 0 Å². The number of benzene rings is 8. The molecular formula is C51H30BN5O2. The van der Waals surface area contributed by atoms with Gasteiger partial charge in [0, 0.05) is 50.3 Å². The Morgan fingerprint density at radius 2 is 0.864 bits per heavy atom. The van der Waals surface area contributed by atoms with Gasteiger partial charge in [0.15, 0.2) is 11.6 Å². The summed E-state index contributed by atoms with van der Waals surface area (Å²) in [6.07, 6.45) is 0. The van der Waals surface area contributed by atoms with Gasteiger partial charge in [-0.3, -0.25) is 4.57 Å². The van der Waals surface area contributed by atoms with Gasteiger partial charge in [-0.15, -0.1) is 0 Å². The molecule has 0 N–H and O–H groups in total. The summed E-state index contributed by atoms with van der Waals surface area (Å²) in [5.74, 6) is 5.10. The van der Waals surface area contributed by atoms with Crippen molar-refractivity contribution in [3.05, 3.63) is 182 Å². The topological polar surface area (TPSA) is 67.0 Å². The van der Waals surface area contributed by atoms with Crippen LogP contribution in [0.5, 0.6) is 23.0 Å². The van der Waals surface area contributed by atoms with Gasteiger partial charge < -0.3 is 14.0 Å². The minimum absolute atomic E-state index is 0.0122. The van der Waals surface area contributed by atoms with Crippen molar-refractivity contribution in [1.82, 2.24) is 24.1 Å². The molecular weight excluding hydrogens is 725 g/mol. The van der Waals surface area contributed by atoms with E-state index in [0.29, 0.717) is 17.6 Å². The van der Waals surface area contributed by atoms with Gasteiger partial charge >= 0.3 is 0 Å². The molecule has 0 bridgehead atoms. The van der Waals surface area contributed by atoms with Gasteiger partial charge in [-0.25, -0.2) is 4.98 Å². The second-order valence-electron chi connectivity index (χ2n) is 15.2. The molecule has 11 aromatic rings. The third-order valence-corrected chi connectivity index (χ3v) is 11.9. The quantitative estimate of drug-likeness (QED) is 0.167. The van der Waals surface area contributed by atoms with Crippen molar-refractivity contribution in [3.8, 4) is 57.4 Å². The van der Waals surface area contributed by atoms with Crippen molar-refractivity contribution in [2.45, 2.75) is 0 Å². The van der Waals surface area contributed by atoms with Crippen molar-refractivity contribution in [2.24, 2.45) is 0 Å². The number of aromatic nitrogens is 5. The molecule has 13 rings (SSSR count). The Balaban J connectivity index is 1.01. The first-order valence-corrected chi connectivity index (χ1v) is 19.8. The first kappa shape index (κ1) is 32.2. The summed E-state index contributed by atoms with van der Waals surface area (Å²) in [5, 5.41) is 4.50. The Morgan fingerprint density at radius 3 is 1.49 bits per heavy atom. The Labute approximate surface area is 338 Å². The lowest BCUT2D eigenvalue weighted by atomic mass is 9.35. The van der Waals surface area contributed by atoms with Gasteiger partial charge in [0.1, 0.15) is 23.0 Å². The number of para-hydroxylation sites is 5. The molecule has 0 saturated heterocycles. The highest BCUT2D eigenvalue weighted by molar-refractivity contribution is 6.98. The highest BCUT2D eigenvalue weighted by atomic mass is 16.5. The van der Waals surface area contributed by atoms with E-state index in [0.717, 1.165) is 99.8 Å². The van der Waals surface area contributed by atoms with Crippen LogP contribution in [0.2, 0.25) is 0 Å². The lowest BCUT2D eigenvalue weighted by Crippen LogP contribution is -2.57. The summed E-state index contributed by atoms with van der Waals surface area (Å²) < 4.78 is 17.9. The maximum absolute atomic E-state index is 6.70. The minimum atomic E-state index is 0.0122. The van der Waals surface area contributed by atoms with Crippen LogP contribution in [0.25, 0.3) is 78.0 Å². The molecule has 0 unspecified atom stereocenters. The molecule has 0 fully saturated rings. The predicted molar refractivity (Wildman–Crippen MR) is 237 cm³/mol. The fourth-order valence-corrected chi connectivity index (χ4v) is 9.35. The molecule has 0 amide bonds. The average molecular weight is 756 g/mol. The molecule has 0 radical (unpaired) electrons. The zero-order valence-electron chi connectivity index (χ0n) is 31.5. The Bertz CT molecular complexity index is 3410. The van der Waals surface area contributed by atoms with E-state index in [1.807, 2.05) is 42.5 Å². The normalized spacial score (nSPS) is 12.6. The first-order chi connectivity index (χ1) is 29.2. The van der Waals surface area contributed by atoms with E-state index in [4.69, 9.17) is 24.4 Å². The van der Waals surface area contributed by atoms with Crippen molar-refractivity contribution >= 4 is 66.7 Å². The van der Waals surface area contributed by atoms with Crippen molar-refractivity contribution in [2.75, 3.05) is 0 Å². The molecule has 0 saturated carbocycles. The molecule has 0 atom stereocenters. The molecule has 2 aliphatic heterocycles. The average Bonchev–Trinajstić information content (AvgIpc) is 3.81. The van der Waals surface area contributed by atoms with Gasteiger partial charge in [-0.2, -0.15) is 9.97 Å². The lowest BCUT2D eigenvalue weighted by molar-refractivity contribution is 0.464. The molecule has 0 spiro atoms. The van der Waals surface area contributed by atoms with Crippen LogP contribution in [-0.4, -0.2) is 30.8 Å². The van der Waals surface area contributed by atoms with Crippen LogP contribution >= 0.6 is 0 Å². The van der Waals surface area contributed by atoms with Crippen molar-refractivity contribution in [1.29, 1.82) is 0 Å². The second kappa shape index (κ2) is 12.3. The fourth-order valence-electron chi connectivity index (χ4n) is 9.35. The number of hydrogen-bond acceptors (Lipinski definition) is 5. The van der Waals surface area contributed by atoms with E-state index >= 15 is 0 Å². The zero-order chi connectivity index (χ0) is 38.6. The molecule has 59 heavy (non-hydrogen) atoms. The number of fused-ring (bicyclic) bond motifs is 10. The second-order valence-corrected chi connectivity index (χ2v) is 15.2. The maximum atomic E-state index is 6.70. The number of rotatable bonds is 4. The zero-order valence-corrected chi connectivity index (χ0v) is 31.5. The Morgan fingerprint density at radius 1 is 0.373 bits per heavy atom. The van der Waals surface area contributed by atoms with Crippen LogP contribution in [0.3, 0.4) is 0 Å². The van der Waals surface area contributed by atoms with Crippen LogP contribution in [0, 0.1) is 0 Å². The summed E-state index contributed by atoms with van der Waals surface area (Å²) in [6, 6.07) is 63.0. The van der Waals surface area contributed by atoms with Gasteiger partial charge in [-0.05, 0) is 59.5 Å². The standard InChI is InChI=1S/C51H30BN5O2/c1-2-14-31(15-3-1)49-53-50(55-51(54-49)57-41-22-10-4-16-34(41)35-17-5-11-23-42(35)57)32-26-27-43-37(28-32)36-18-6-9-21-40(36)56(43)33-29-46-48-47(30-33)59-45-25-13-8-20-39(45)52(48)38-19-7-12-24-44(38)58-46/h1-30H. The number of ether oxygens (including phenoxy) is 2. The van der Waals surface area contributed by atoms with Crippen LogP contribution in [-0.2, 0) is 0 Å². The lowest BCUT2D eigenvalue weighted by Gasteiger charge is -2.33. The fraction of sp³-hybridized carbons (Fsp3) is 0. The summed E-state index contributed by atoms with van der Waals surface area (Å²) in [4.78, 5) is 15.5. The van der Waals surface area contributed by atoms with Crippen LogP contribution in [0.15, 0.2) is 182 Å². The maximum Gasteiger partial charge on any atom is 0.260 e. The first-order valence-electron chi connectivity index (χ1n) is 19.8. The van der Waals surface area contributed by atoms with Gasteiger partial charge in [-0.1, -0.05) is 121 Å². The van der Waals surface area contributed by atoms with Crippen LogP contribution < -0.4 is 25.9 Å². The smallest absolute Gasteiger partial charge is 0.260 e. The van der Waals surface area contributed by atoms with Gasteiger partial charge in [0.05, 0.1) is 27.8 Å². The summed E-state index contributed by atoms with van der Waals surface area (Å²) >= 11 is 0. The van der Waals surface area contributed by atoms with Crippen LogP contribution in [0.1, 0.15) is 0 Å². The Hall–Kier alpha value is -7.97. The molecule has 2 aliphatic rings. The van der Waals surface area contributed by atoms with Gasteiger partial charge in [0.25, 0.3) is 6.71 Å². The van der Waals surface area contributed by atoms with E-state index < -0.39 is 0 Å².